The van der Waals surface area contributed by atoms with Crippen LogP contribution in [0.4, 0.5) is 4.39 Å². The van der Waals surface area contributed by atoms with Crippen molar-refractivity contribution in [2.45, 2.75) is 26.0 Å². The number of carbonyl (C=O) groups is 1. The summed E-state index contributed by atoms with van der Waals surface area (Å²) >= 11 is 1.42. The number of nitrogens with zero attached hydrogens (tertiary/aromatic N) is 2. The number of rotatable bonds is 7. The summed E-state index contributed by atoms with van der Waals surface area (Å²) in [6.07, 6.45) is 0.178. The molecular weight excluding hydrogens is 391 g/mol. The molecule has 0 saturated carbocycles. The third-order valence-corrected chi connectivity index (χ3v) is 5.18. The number of hydrogen-bond acceptors (Lipinski definition) is 5. The maximum Gasteiger partial charge on any atom is 0.226 e. The van der Waals surface area contributed by atoms with Gasteiger partial charge in [-0.15, -0.1) is 11.3 Å². The summed E-state index contributed by atoms with van der Waals surface area (Å²) in [6.45, 7) is 2.16. The smallest absolute Gasteiger partial charge is 0.226 e. The van der Waals surface area contributed by atoms with Crippen LogP contribution in [0.5, 0.6) is 5.75 Å². The first-order valence-electron chi connectivity index (χ1n) is 9.12. The zero-order chi connectivity index (χ0) is 20.2. The molecule has 0 radical (unpaired) electrons. The minimum atomic E-state index is -0.309. The lowest BCUT2D eigenvalue weighted by molar-refractivity contribution is -0.121. The van der Waals surface area contributed by atoms with Gasteiger partial charge in [-0.1, -0.05) is 12.1 Å². The maximum atomic E-state index is 12.9. The second kappa shape index (κ2) is 8.40. The molecule has 2 heterocycles. The molecule has 0 unspecified atom stereocenters. The molecule has 148 valence electrons. The van der Waals surface area contributed by atoms with Gasteiger partial charge in [0.25, 0.3) is 0 Å². The molecule has 2 N–H and O–H groups in total. The number of benzene rings is 2. The number of para-hydroxylation sites is 2. The highest BCUT2D eigenvalue weighted by atomic mass is 32.1. The number of ether oxygens (including phenoxy) is 1. The van der Waals surface area contributed by atoms with Crippen LogP contribution in [-0.4, -0.2) is 20.9 Å². The van der Waals surface area contributed by atoms with E-state index < -0.39 is 0 Å². The van der Waals surface area contributed by atoms with Gasteiger partial charge in [0.05, 0.1) is 29.2 Å². The van der Waals surface area contributed by atoms with Gasteiger partial charge in [0.2, 0.25) is 5.91 Å². The summed E-state index contributed by atoms with van der Waals surface area (Å²) < 4.78 is 18.5. The minimum Gasteiger partial charge on any atom is -0.486 e. The number of carbonyl (C=O) groups excluding carboxylic acids is 1. The molecule has 8 heteroatoms. The number of aromatic amines is 1. The van der Waals surface area contributed by atoms with Gasteiger partial charge in [0, 0.05) is 5.38 Å². The average Bonchev–Trinajstić information content (AvgIpc) is 3.34. The Balaban J connectivity index is 1.30. The molecule has 4 aromatic rings. The van der Waals surface area contributed by atoms with E-state index in [1.54, 1.807) is 12.1 Å². The molecule has 0 spiro atoms. The lowest BCUT2D eigenvalue weighted by Gasteiger charge is -2.10. The standard InChI is InChI=1S/C21H19FN4O2S/c1-13(21-25-17-4-2-3-5-18(17)26-21)23-19(27)10-15-12-29-20(24-15)11-28-16-8-6-14(22)7-9-16/h2-9,12-13H,10-11H2,1H3,(H,23,27)(H,25,26)/t13-/m1/s1. The van der Waals surface area contributed by atoms with E-state index in [2.05, 4.69) is 20.3 Å². The summed E-state index contributed by atoms with van der Waals surface area (Å²) in [5.74, 6) is 0.845. The second-order valence-corrected chi connectivity index (χ2v) is 7.52. The van der Waals surface area contributed by atoms with Crippen LogP contribution in [0.2, 0.25) is 0 Å². The number of nitrogens with one attached hydrogen (secondary N) is 2. The number of imidazole rings is 1. The van der Waals surface area contributed by atoms with Crippen LogP contribution in [0, 0.1) is 5.82 Å². The Hall–Kier alpha value is -3.26. The van der Waals surface area contributed by atoms with Crippen molar-refractivity contribution in [2.75, 3.05) is 0 Å². The second-order valence-electron chi connectivity index (χ2n) is 6.58. The Bertz CT molecular complexity index is 1090. The van der Waals surface area contributed by atoms with Gasteiger partial charge in [0.1, 0.15) is 29.0 Å². The number of thiazole rings is 1. The predicted octanol–water partition coefficient (Wildman–Crippen LogP) is 4.16. The van der Waals surface area contributed by atoms with Gasteiger partial charge in [0.15, 0.2) is 0 Å². The monoisotopic (exact) mass is 410 g/mol. The topological polar surface area (TPSA) is 79.9 Å². The number of halogens is 1. The van der Waals surface area contributed by atoms with Crippen molar-refractivity contribution >= 4 is 28.3 Å². The molecule has 4 rings (SSSR count). The molecule has 0 aliphatic heterocycles. The van der Waals surface area contributed by atoms with Crippen molar-refractivity contribution in [1.82, 2.24) is 20.3 Å². The van der Waals surface area contributed by atoms with Gasteiger partial charge in [-0.2, -0.15) is 0 Å². The SMILES string of the molecule is C[C@@H](NC(=O)Cc1csc(COc2ccc(F)cc2)n1)c1nc2ccccc2[nH]1. The fourth-order valence-electron chi connectivity index (χ4n) is 2.88. The van der Waals surface area contributed by atoms with Crippen LogP contribution in [0.1, 0.15) is 29.5 Å². The van der Waals surface area contributed by atoms with Gasteiger partial charge in [-0.25, -0.2) is 14.4 Å². The molecule has 2 aromatic heterocycles. The summed E-state index contributed by atoms with van der Waals surface area (Å²) in [6, 6.07) is 13.3. The molecule has 1 atom stereocenters. The minimum absolute atomic E-state index is 0.130. The Morgan fingerprint density at radius 3 is 2.79 bits per heavy atom. The highest BCUT2D eigenvalue weighted by Crippen LogP contribution is 2.18. The Labute approximate surface area is 170 Å². The van der Waals surface area contributed by atoms with Crippen LogP contribution in [0.15, 0.2) is 53.9 Å². The van der Waals surface area contributed by atoms with E-state index in [0.717, 1.165) is 16.0 Å². The van der Waals surface area contributed by atoms with E-state index in [4.69, 9.17) is 4.74 Å². The number of fused-ring (bicyclic) bond motifs is 1. The van der Waals surface area contributed by atoms with Gasteiger partial charge in [-0.05, 0) is 43.3 Å². The average molecular weight is 410 g/mol. The van der Waals surface area contributed by atoms with E-state index >= 15 is 0 Å². The molecular formula is C21H19FN4O2S. The molecule has 0 saturated heterocycles. The first kappa shape index (κ1) is 19.1. The van der Waals surface area contributed by atoms with Crippen LogP contribution in [-0.2, 0) is 17.8 Å². The molecule has 0 bridgehead atoms. The lowest BCUT2D eigenvalue weighted by Crippen LogP contribution is -2.28. The Morgan fingerprint density at radius 2 is 2.00 bits per heavy atom. The van der Waals surface area contributed by atoms with Crippen molar-refractivity contribution in [3.8, 4) is 5.75 Å². The molecule has 29 heavy (non-hydrogen) atoms. The van der Waals surface area contributed by atoms with E-state index in [-0.39, 0.29) is 30.8 Å². The van der Waals surface area contributed by atoms with Crippen LogP contribution >= 0.6 is 11.3 Å². The van der Waals surface area contributed by atoms with Gasteiger partial charge < -0.3 is 15.0 Å². The van der Waals surface area contributed by atoms with Crippen molar-refractivity contribution in [3.63, 3.8) is 0 Å². The number of hydrogen-bond donors (Lipinski definition) is 2. The zero-order valence-electron chi connectivity index (χ0n) is 15.7. The number of H-pyrrole nitrogens is 1. The van der Waals surface area contributed by atoms with Crippen molar-refractivity contribution in [1.29, 1.82) is 0 Å². The van der Waals surface area contributed by atoms with E-state index in [9.17, 15) is 9.18 Å². The zero-order valence-corrected chi connectivity index (χ0v) is 16.5. The highest BCUT2D eigenvalue weighted by Gasteiger charge is 2.15. The van der Waals surface area contributed by atoms with Crippen LogP contribution in [0.25, 0.3) is 11.0 Å². The lowest BCUT2D eigenvalue weighted by atomic mass is 10.2. The molecule has 2 aromatic carbocycles. The summed E-state index contributed by atoms with van der Waals surface area (Å²) in [7, 11) is 0. The molecule has 0 aliphatic carbocycles. The van der Waals surface area contributed by atoms with Crippen LogP contribution < -0.4 is 10.1 Å². The normalized spacial score (nSPS) is 12.1. The van der Waals surface area contributed by atoms with Crippen molar-refractivity contribution in [2.24, 2.45) is 0 Å². The third kappa shape index (κ3) is 4.78. The highest BCUT2D eigenvalue weighted by molar-refractivity contribution is 7.09. The van der Waals surface area contributed by atoms with Crippen LogP contribution in [0.3, 0.4) is 0 Å². The van der Waals surface area contributed by atoms with E-state index in [1.165, 1.54) is 23.5 Å². The molecule has 0 aliphatic rings. The first-order valence-corrected chi connectivity index (χ1v) is 10.0. The third-order valence-electron chi connectivity index (χ3n) is 4.31. The van der Waals surface area contributed by atoms with E-state index in [1.807, 2.05) is 36.6 Å². The largest absolute Gasteiger partial charge is 0.486 e. The Morgan fingerprint density at radius 1 is 1.21 bits per heavy atom. The predicted molar refractivity (Wildman–Crippen MR) is 109 cm³/mol. The maximum absolute atomic E-state index is 12.9. The fourth-order valence-corrected chi connectivity index (χ4v) is 3.58. The summed E-state index contributed by atoms with van der Waals surface area (Å²) in [5, 5.41) is 5.54. The number of amides is 1. The molecule has 6 nitrogen and oxygen atoms in total. The number of aromatic nitrogens is 3. The quantitative estimate of drug-likeness (QED) is 0.480. The molecule has 0 fully saturated rings. The Kier molecular flexibility index (Phi) is 5.53. The summed E-state index contributed by atoms with van der Waals surface area (Å²) in [4.78, 5) is 24.5. The fraction of sp³-hybridized carbons (Fsp3) is 0.190. The van der Waals surface area contributed by atoms with Crippen molar-refractivity contribution < 1.29 is 13.9 Å². The van der Waals surface area contributed by atoms with Crippen molar-refractivity contribution in [3.05, 3.63) is 76.3 Å². The van der Waals surface area contributed by atoms with Gasteiger partial charge in [-0.3, -0.25) is 4.79 Å². The summed E-state index contributed by atoms with van der Waals surface area (Å²) in [5.41, 5.74) is 2.49. The molecule has 1 amide bonds. The van der Waals surface area contributed by atoms with E-state index in [0.29, 0.717) is 17.3 Å². The van der Waals surface area contributed by atoms with Gasteiger partial charge >= 0.3 is 0 Å². The first-order chi connectivity index (χ1) is 14.1.